The zero-order valence-electron chi connectivity index (χ0n) is 16.4. The van der Waals surface area contributed by atoms with Crippen LogP contribution in [0.25, 0.3) is 10.2 Å². The van der Waals surface area contributed by atoms with E-state index in [1.165, 1.54) is 27.8 Å². The molecule has 0 unspecified atom stereocenters. The molecule has 0 atom stereocenters. The number of carbonyl (C=O) groups is 1. The molecule has 1 aliphatic heterocycles. The molecule has 1 aromatic heterocycles. The SMILES string of the molecule is CC1CCN(S(=O)(=O)c2ccc(C(=O)N=c3sc4ccccc4n3C)cc2)CC1. The van der Waals surface area contributed by atoms with Crippen LogP contribution >= 0.6 is 11.3 Å². The molecular formula is C21H23N3O3S2. The molecule has 152 valence electrons. The van der Waals surface area contributed by atoms with E-state index < -0.39 is 10.0 Å². The van der Waals surface area contributed by atoms with E-state index in [-0.39, 0.29) is 10.8 Å². The lowest BCUT2D eigenvalue weighted by Crippen LogP contribution is -2.37. The summed E-state index contributed by atoms with van der Waals surface area (Å²) in [5.41, 5.74) is 1.38. The van der Waals surface area contributed by atoms with Gasteiger partial charge in [0.15, 0.2) is 4.80 Å². The highest BCUT2D eigenvalue weighted by Gasteiger charge is 2.28. The van der Waals surface area contributed by atoms with Crippen LogP contribution in [0.2, 0.25) is 0 Å². The molecule has 8 heteroatoms. The minimum atomic E-state index is -3.52. The largest absolute Gasteiger partial charge is 0.319 e. The molecular weight excluding hydrogens is 406 g/mol. The van der Waals surface area contributed by atoms with E-state index in [1.54, 1.807) is 12.1 Å². The Balaban J connectivity index is 1.59. The molecule has 4 rings (SSSR count). The van der Waals surface area contributed by atoms with Crippen LogP contribution in [0.15, 0.2) is 58.4 Å². The van der Waals surface area contributed by atoms with Crippen molar-refractivity contribution in [2.75, 3.05) is 13.1 Å². The van der Waals surface area contributed by atoms with Crippen LogP contribution < -0.4 is 4.80 Å². The van der Waals surface area contributed by atoms with Crippen LogP contribution in [0.4, 0.5) is 0 Å². The smallest absolute Gasteiger partial charge is 0.279 e. The van der Waals surface area contributed by atoms with E-state index in [0.717, 1.165) is 23.1 Å². The Morgan fingerprint density at radius 1 is 1.07 bits per heavy atom. The number of rotatable bonds is 3. The van der Waals surface area contributed by atoms with E-state index in [1.807, 2.05) is 35.9 Å². The predicted octanol–water partition coefficient (Wildman–Crippen LogP) is 3.40. The minimum Gasteiger partial charge on any atom is -0.319 e. The highest BCUT2D eigenvalue weighted by molar-refractivity contribution is 7.89. The van der Waals surface area contributed by atoms with E-state index >= 15 is 0 Å². The number of piperidine rings is 1. The van der Waals surface area contributed by atoms with E-state index in [2.05, 4.69) is 11.9 Å². The number of thiazole rings is 1. The van der Waals surface area contributed by atoms with Gasteiger partial charge >= 0.3 is 0 Å². The van der Waals surface area contributed by atoms with Crippen LogP contribution in [-0.4, -0.2) is 36.3 Å². The molecule has 1 fully saturated rings. The van der Waals surface area contributed by atoms with E-state index in [4.69, 9.17) is 0 Å². The minimum absolute atomic E-state index is 0.219. The summed E-state index contributed by atoms with van der Waals surface area (Å²) in [6.07, 6.45) is 1.75. The topological polar surface area (TPSA) is 71.7 Å². The van der Waals surface area contributed by atoms with Gasteiger partial charge in [-0.15, -0.1) is 0 Å². The molecule has 1 amide bonds. The molecule has 0 aliphatic carbocycles. The fourth-order valence-corrected chi connectivity index (χ4v) is 5.97. The Labute approximate surface area is 174 Å². The van der Waals surface area contributed by atoms with Crippen molar-refractivity contribution in [1.82, 2.24) is 8.87 Å². The first-order chi connectivity index (χ1) is 13.9. The first-order valence-electron chi connectivity index (χ1n) is 9.60. The van der Waals surface area contributed by atoms with Gasteiger partial charge in [-0.2, -0.15) is 9.30 Å². The van der Waals surface area contributed by atoms with Crippen LogP contribution in [-0.2, 0) is 17.1 Å². The molecule has 6 nitrogen and oxygen atoms in total. The van der Waals surface area contributed by atoms with Gasteiger partial charge in [-0.25, -0.2) is 8.42 Å². The number of nitrogens with zero attached hydrogens (tertiary/aromatic N) is 3. The maximum absolute atomic E-state index is 12.8. The summed E-state index contributed by atoms with van der Waals surface area (Å²) in [5.74, 6) is 0.168. The summed E-state index contributed by atoms with van der Waals surface area (Å²) in [6, 6.07) is 14.0. The Kier molecular flexibility index (Phi) is 5.42. The molecule has 1 saturated heterocycles. The highest BCUT2D eigenvalue weighted by Crippen LogP contribution is 2.23. The van der Waals surface area contributed by atoms with Crippen molar-refractivity contribution in [1.29, 1.82) is 0 Å². The monoisotopic (exact) mass is 429 g/mol. The molecule has 29 heavy (non-hydrogen) atoms. The second-order valence-electron chi connectivity index (χ2n) is 7.44. The Bertz CT molecular complexity index is 1220. The van der Waals surface area contributed by atoms with Crippen LogP contribution in [0, 0.1) is 5.92 Å². The van der Waals surface area contributed by atoms with Crippen molar-refractivity contribution >= 4 is 37.5 Å². The van der Waals surface area contributed by atoms with Crippen molar-refractivity contribution in [3.8, 4) is 0 Å². The first-order valence-corrected chi connectivity index (χ1v) is 11.9. The van der Waals surface area contributed by atoms with Gasteiger partial charge in [0.1, 0.15) is 0 Å². The summed E-state index contributed by atoms with van der Waals surface area (Å²) in [4.78, 5) is 17.7. The Morgan fingerprint density at radius 2 is 1.72 bits per heavy atom. The normalized spacial score (nSPS) is 17.1. The highest BCUT2D eigenvalue weighted by atomic mass is 32.2. The molecule has 3 aromatic rings. The van der Waals surface area contributed by atoms with Crippen LogP contribution in [0.3, 0.4) is 0 Å². The van der Waals surface area contributed by atoms with E-state index in [0.29, 0.717) is 29.4 Å². The quantitative estimate of drug-likeness (QED) is 0.641. The second kappa shape index (κ2) is 7.85. The van der Waals surface area contributed by atoms with Crippen molar-refractivity contribution in [2.24, 2.45) is 18.0 Å². The third kappa shape index (κ3) is 3.92. The predicted molar refractivity (Wildman–Crippen MR) is 114 cm³/mol. The molecule has 0 radical (unpaired) electrons. The summed E-state index contributed by atoms with van der Waals surface area (Å²) in [5, 5.41) is 0. The number of para-hydroxylation sites is 1. The average molecular weight is 430 g/mol. The van der Waals surface area contributed by atoms with Crippen LogP contribution in [0.1, 0.15) is 30.1 Å². The third-order valence-corrected chi connectivity index (χ3v) is 8.42. The fourth-order valence-electron chi connectivity index (χ4n) is 3.48. The Hall–Kier alpha value is -2.29. The van der Waals surface area contributed by atoms with Gasteiger partial charge in [-0.1, -0.05) is 30.4 Å². The van der Waals surface area contributed by atoms with Crippen LogP contribution in [0.5, 0.6) is 0 Å². The van der Waals surface area contributed by atoms with Gasteiger partial charge in [0.25, 0.3) is 5.91 Å². The maximum Gasteiger partial charge on any atom is 0.279 e. The van der Waals surface area contributed by atoms with Gasteiger partial charge in [-0.3, -0.25) is 4.79 Å². The lowest BCUT2D eigenvalue weighted by molar-refractivity contribution is 0.0998. The number of sulfonamides is 1. The first kappa shape index (κ1) is 20.0. The van der Waals surface area contributed by atoms with Crippen molar-refractivity contribution < 1.29 is 13.2 Å². The van der Waals surface area contributed by atoms with Gasteiger partial charge in [0, 0.05) is 25.7 Å². The average Bonchev–Trinajstić information content (AvgIpc) is 3.04. The van der Waals surface area contributed by atoms with Gasteiger partial charge < -0.3 is 4.57 Å². The summed E-state index contributed by atoms with van der Waals surface area (Å²) in [6.45, 7) is 3.23. The molecule has 0 N–H and O–H groups in total. The van der Waals surface area contributed by atoms with Crippen molar-refractivity contribution in [3.63, 3.8) is 0 Å². The maximum atomic E-state index is 12.8. The lowest BCUT2D eigenvalue weighted by Gasteiger charge is -2.29. The second-order valence-corrected chi connectivity index (χ2v) is 10.4. The molecule has 0 bridgehead atoms. The standard InChI is InChI=1S/C21H23N3O3S2/c1-15-11-13-24(14-12-15)29(26,27)17-9-7-16(8-10-17)20(25)22-21-23(2)18-5-3-4-6-19(18)28-21/h3-10,15H,11-14H2,1-2H3. The Morgan fingerprint density at radius 3 is 2.38 bits per heavy atom. The number of aryl methyl sites for hydroxylation is 1. The molecule has 2 aromatic carbocycles. The van der Waals surface area contributed by atoms with Gasteiger partial charge in [-0.05, 0) is 55.2 Å². The fraction of sp³-hybridized carbons (Fsp3) is 0.333. The number of carbonyl (C=O) groups excluding carboxylic acids is 1. The van der Waals surface area contributed by atoms with Gasteiger partial charge in [0.05, 0.1) is 15.1 Å². The van der Waals surface area contributed by atoms with Gasteiger partial charge in [0.2, 0.25) is 10.0 Å². The summed E-state index contributed by atoms with van der Waals surface area (Å²) < 4.78 is 30.1. The van der Waals surface area contributed by atoms with Crippen molar-refractivity contribution in [2.45, 2.75) is 24.7 Å². The number of benzene rings is 2. The zero-order chi connectivity index (χ0) is 20.6. The molecule has 1 aliphatic rings. The summed E-state index contributed by atoms with van der Waals surface area (Å²) in [7, 11) is -1.65. The zero-order valence-corrected chi connectivity index (χ0v) is 18.0. The lowest BCUT2D eigenvalue weighted by atomic mass is 10.0. The number of hydrogen-bond donors (Lipinski definition) is 0. The summed E-state index contributed by atoms with van der Waals surface area (Å²) >= 11 is 1.45. The third-order valence-electron chi connectivity index (χ3n) is 5.39. The van der Waals surface area contributed by atoms with Crippen molar-refractivity contribution in [3.05, 3.63) is 58.9 Å². The van der Waals surface area contributed by atoms with E-state index in [9.17, 15) is 13.2 Å². The number of fused-ring (bicyclic) bond motifs is 1. The number of amides is 1. The number of aromatic nitrogens is 1. The molecule has 0 saturated carbocycles. The molecule has 2 heterocycles. The molecule has 0 spiro atoms. The number of hydrogen-bond acceptors (Lipinski definition) is 4.